The minimum Gasteiger partial charge on any atom is -0.484 e. The quantitative estimate of drug-likeness (QED) is 0.423. The van der Waals surface area contributed by atoms with E-state index in [1.807, 2.05) is 63.2 Å². The third-order valence-corrected chi connectivity index (χ3v) is 6.58. The molecule has 1 heterocycles. The minimum absolute atomic E-state index is 0.121. The van der Waals surface area contributed by atoms with Gasteiger partial charge in [0, 0.05) is 5.69 Å². The fourth-order valence-electron chi connectivity index (χ4n) is 3.49. The SMILES string of the molecule is Cc1ccc(CN2C(=O)S/C(=C\c3ccc(OCC(=O)Nc4ccc(C)c(C)c4)cc3)C2=O)cc1. The normalized spacial score (nSPS) is 14.5. The van der Waals surface area contributed by atoms with E-state index in [-0.39, 0.29) is 30.2 Å². The van der Waals surface area contributed by atoms with E-state index in [2.05, 4.69) is 5.32 Å². The van der Waals surface area contributed by atoms with Crippen molar-refractivity contribution in [1.82, 2.24) is 4.90 Å². The molecule has 3 amide bonds. The Balaban J connectivity index is 1.33. The maximum Gasteiger partial charge on any atom is 0.293 e. The van der Waals surface area contributed by atoms with Gasteiger partial charge in [-0.2, -0.15) is 0 Å². The van der Waals surface area contributed by atoms with Gasteiger partial charge < -0.3 is 10.1 Å². The van der Waals surface area contributed by atoms with Gasteiger partial charge in [-0.1, -0.05) is 48.0 Å². The van der Waals surface area contributed by atoms with E-state index in [1.54, 1.807) is 30.3 Å². The van der Waals surface area contributed by atoms with Crippen LogP contribution in [-0.4, -0.2) is 28.6 Å². The summed E-state index contributed by atoms with van der Waals surface area (Å²) >= 11 is 0.934. The molecule has 35 heavy (non-hydrogen) atoms. The largest absolute Gasteiger partial charge is 0.484 e. The van der Waals surface area contributed by atoms with Crippen LogP contribution in [0.15, 0.2) is 71.6 Å². The van der Waals surface area contributed by atoms with Gasteiger partial charge in [-0.25, -0.2) is 0 Å². The summed E-state index contributed by atoms with van der Waals surface area (Å²) in [6.45, 7) is 6.13. The number of hydrogen-bond donors (Lipinski definition) is 1. The fourth-order valence-corrected chi connectivity index (χ4v) is 4.33. The van der Waals surface area contributed by atoms with Crippen LogP contribution in [-0.2, 0) is 16.1 Å². The zero-order valence-electron chi connectivity index (χ0n) is 19.8. The van der Waals surface area contributed by atoms with Crippen LogP contribution in [0.5, 0.6) is 5.75 Å². The van der Waals surface area contributed by atoms with Crippen LogP contribution in [0, 0.1) is 20.8 Å². The zero-order chi connectivity index (χ0) is 24.9. The lowest BCUT2D eigenvalue weighted by molar-refractivity contribution is -0.123. The molecule has 7 heteroatoms. The average molecular weight is 487 g/mol. The number of amides is 3. The first-order valence-electron chi connectivity index (χ1n) is 11.2. The molecule has 0 unspecified atom stereocenters. The van der Waals surface area contributed by atoms with E-state index >= 15 is 0 Å². The Morgan fingerprint density at radius 3 is 2.34 bits per heavy atom. The number of rotatable bonds is 7. The smallest absolute Gasteiger partial charge is 0.293 e. The summed E-state index contributed by atoms with van der Waals surface area (Å²) < 4.78 is 5.58. The number of carbonyl (C=O) groups is 3. The highest BCUT2D eigenvalue weighted by atomic mass is 32.2. The summed E-state index contributed by atoms with van der Waals surface area (Å²) in [5.41, 5.74) is 5.79. The molecule has 0 aromatic heterocycles. The fraction of sp³-hybridized carbons (Fsp3) is 0.179. The number of carbonyl (C=O) groups excluding carboxylic acids is 3. The van der Waals surface area contributed by atoms with Crippen molar-refractivity contribution in [2.75, 3.05) is 11.9 Å². The van der Waals surface area contributed by atoms with Gasteiger partial charge in [0.2, 0.25) is 0 Å². The molecule has 0 atom stereocenters. The number of nitrogens with zero attached hydrogens (tertiary/aromatic N) is 1. The molecule has 0 saturated carbocycles. The van der Waals surface area contributed by atoms with Crippen molar-refractivity contribution >= 4 is 40.6 Å². The molecule has 0 bridgehead atoms. The molecule has 0 aliphatic carbocycles. The van der Waals surface area contributed by atoms with E-state index < -0.39 is 0 Å². The molecule has 1 fully saturated rings. The molecule has 1 N–H and O–H groups in total. The molecular formula is C28H26N2O4S. The second-order valence-electron chi connectivity index (χ2n) is 8.46. The van der Waals surface area contributed by atoms with Crippen molar-refractivity contribution in [2.24, 2.45) is 0 Å². The molecule has 1 aliphatic rings. The van der Waals surface area contributed by atoms with Gasteiger partial charge in [0.15, 0.2) is 6.61 Å². The lowest BCUT2D eigenvalue weighted by Gasteiger charge is -2.12. The first kappa shape index (κ1) is 24.3. The summed E-state index contributed by atoms with van der Waals surface area (Å²) in [5.74, 6) is -0.0200. The van der Waals surface area contributed by atoms with Gasteiger partial charge in [0.25, 0.3) is 17.1 Å². The lowest BCUT2D eigenvalue weighted by Crippen LogP contribution is -2.27. The summed E-state index contributed by atoms with van der Waals surface area (Å²) in [7, 11) is 0. The molecule has 1 aliphatic heterocycles. The van der Waals surface area contributed by atoms with Gasteiger partial charge in [-0.15, -0.1) is 0 Å². The van der Waals surface area contributed by atoms with Gasteiger partial charge >= 0.3 is 0 Å². The van der Waals surface area contributed by atoms with E-state index in [9.17, 15) is 14.4 Å². The number of ether oxygens (including phenoxy) is 1. The van der Waals surface area contributed by atoms with Crippen LogP contribution in [0.1, 0.15) is 27.8 Å². The topological polar surface area (TPSA) is 75.7 Å². The molecule has 3 aromatic carbocycles. The van der Waals surface area contributed by atoms with Gasteiger partial charge in [-0.3, -0.25) is 19.3 Å². The number of imide groups is 1. The number of nitrogens with one attached hydrogen (secondary N) is 1. The zero-order valence-corrected chi connectivity index (χ0v) is 20.6. The summed E-state index contributed by atoms with van der Waals surface area (Å²) in [5, 5.41) is 2.54. The molecule has 4 rings (SSSR count). The first-order chi connectivity index (χ1) is 16.8. The standard InChI is InChI=1S/C28H26N2O4S/c1-18-4-7-22(8-5-18)16-30-27(32)25(35-28(30)33)15-21-9-12-24(13-10-21)34-17-26(31)29-23-11-6-19(2)20(3)14-23/h4-15H,16-17H2,1-3H3,(H,29,31)/b25-15-. The average Bonchev–Trinajstić information content (AvgIpc) is 3.09. The predicted octanol–water partition coefficient (Wildman–Crippen LogP) is 5.87. The first-order valence-corrected chi connectivity index (χ1v) is 12.0. The number of anilines is 1. The Labute approximate surface area is 209 Å². The van der Waals surface area contributed by atoms with Crippen LogP contribution in [0.3, 0.4) is 0 Å². The van der Waals surface area contributed by atoms with Crippen molar-refractivity contribution < 1.29 is 19.1 Å². The number of aryl methyl sites for hydroxylation is 3. The molecule has 0 spiro atoms. The van der Waals surface area contributed by atoms with E-state index in [4.69, 9.17) is 4.74 Å². The van der Waals surface area contributed by atoms with Crippen molar-refractivity contribution in [3.8, 4) is 5.75 Å². The third-order valence-electron chi connectivity index (χ3n) is 5.67. The highest BCUT2D eigenvalue weighted by molar-refractivity contribution is 8.18. The number of hydrogen-bond acceptors (Lipinski definition) is 5. The van der Waals surface area contributed by atoms with Gasteiger partial charge in [0.1, 0.15) is 5.75 Å². The monoisotopic (exact) mass is 486 g/mol. The van der Waals surface area contributed by atoms with Gasteiger partial charge in [-0.05, 0) is 85.1 Å². The third kappa shape index (κ3) is 6.19. The van der Waals surface area contributed by atoms with Crippen LogP contribution in [0.4, 0.5) is 10.5 Å². The Hall–Kier alpha value is -3.84. The molecule has 1 saturated heterocycles. The van der Waals surface area contributed by atoms with Crippen molar-refractivity contribution in [3.05, 3.63) is 99.5 Å². The molecular weight excluding hydrogens is 460 g/mol. The Morgan fingerprint density at radius 2 is 1.66 bits per heavy atom. The van der Waals surface area contributed by atoms with Crippen LogP contribution >= 0.6 is 11.8 Å². The Kier molecular flexibility index (Phi) is 7.36. The van der Waals surface area contributed by atoms with Crippen LogP contribution in [0.2, 0.25) is 0 Å². The van der Waals surface area contributed by atoms with Crippen molar-refractivity contribution in [1.29, 1.82) is 0 Å². The van der Waals surface area contributed by atoms with Crippen LogP contribution < -0.4 is 10.1 Å². The van der Waals surface area contributed by atoms with Crippen molar-refractivity contribution in [2.45, 2.75) is 27.3 Å². The van der Waals surface area contributed by atoms with E-state index in [0.717, 1.165) is 45.3 Å². The van der Waals surface area contributed by atoms with Crippen LogP contribution in [0.25, 0.3) is 6.08 Å². The summed E-state index contributed by atoms with van der Waals surface area (Å²) in [4.78, 5) is 39.0. The molecule has 0 radical (unpaired) electrons. The second-order valence-corrected chi connectivity index (χ2v) is 9.45. The van der Waals surface area contributed by atoms with E-state index in [1.165, 1.54) is 4.90 Å². The molecule has 3 aromatic rings. The predicted molar refractivity (Wildman–Crippen MR) is 139 cm³/mol. The summed E-state index contributed by atoms with van der Waals surface area (Å²) in [6.07, 6.45) is 1.69. The van der Waals surface area contributed by atoms with E-state index in [0.29, 0.717) is 10.7 Å². The Morgan fingerprint density at radius 1 is 0.943 bits per heavy atom. The van der Waals surface area contributed by atoms with Crippen molar-refractivity contribution in [3.63, 3.8) is 0 Å². The minimum atomic E-state index is -0.302. The maximum absolute atomic E-state index is 12.8. The second kappa shape index (κ2) is 10.6. The Bertz CT molecular complexity index is 1300. The van der Waals surface area contributed by atoms with Gasteiger partial charge in [0.05, 0.1) is 11.4 Å². The number of benzene rings is 3. The maximum atomic E-state index is 12.8. The number of thioether (sulfide) groups is 1. The summed E-state index contributed by atoms with van der Waals surface area (Å²) in [6, 6.07) is 20.5. The highest BCUT2D eigenvalue weighted by Crippen LogP contribution is 2.33. The molecule has 178 valence electrons. The lowest BCUT2D eigenvalue weighted by atomic mass is 10.1. The highest BCUT2D eigenvalue weighted by Gasteiger charge is 2.34. The molecule has 6 nitrogen and oxygen atoms in total.